The van der Waals surface area contributed by atoms with Crippen molar-refractivity contribution in [1.82, 2.24) is 10.2 Å². The highest BCUT2D eigenvalue weighted by atomic mass is 32.2. The molecule has 2 fully saturated rings. The summed E-state index contributed by atoms with van der Waals surface area (Å²) in [5, 5.41) is 3.50. The standard InChI is InChI=1S/C10H21N3OS/c1-12-4-2-3-11-9-10(12)13-5-7-15(14)8-6-13/h10-11H,2-9H2,1H3/p+1. The zero-order valence-electron chi connectivity index (χ0n) is 9.50. The Morgan fingerprint density at radius 1 is 1.40 bits per heavy atom. The lowest BCUT2D eigenvalue weighted by Crippen LogP contribution is -3.15. The van der Waals surface area contributed by atoms with Crippen LogP contribution in [0.4, 0.5) is 0 Å². The molecule has 2 aliphatic heterocycles. The van der Waals surface area contributed by atoms with Gasteiger partial charge in [0, 0.05) is 48.4 Å². The quantitative estimate of drug-likeness (QED) is 0.543. The molecule has 0 aromatic heterocycles. The lowest BCUT2D eigenvalue weighted by Gasteiger charge is -2.35. The van der Waals surface area contributed by atoms with Gasteiger partial charge in [-0.1, -0.05) is 0 Å². The maximum absolute atomic E-state index is 11.3. The summed E-state index contributed by atoms with van der Waals surface area (Å²) >= 11 is 0. The second kappa shape index (κ2) is 5.39. The van der Waals surface area contributed by atoms with Crippen molar-refractivity contribution in [2.45, 2.75) is 12.6 Å². The maximum Gasteiger partial charge on any atom is 0.156 e. The predicted molar refractivity (Wildman–Crippen MR) is 62.5 cm³/mol. The average molecular weight is 232 g/mol. The third-order valence-electron chi connectivity index (χ3n) is 3.48. The molecule has 2 atom stereocenters. The fourth-order valence-corrected chi connectivity index (χ4v) is 3.56. The molecule has 0 aliphatic carbocycles. The highest BCUT2D eigenvalue weighted by molar-refractivity contribution is 7.85. The van der Waals surface area contributed by atoms with E-state index in [9.17, 15) is 4.21 Å². The first-order chi connectivity index (χ1) is 7.27. The van der Waals surface area contributed by atoms with Crippen LogP contribution in [0.15, 0.2) is 0 Å². The van der Waals surface area contributed by atoms with Gasteiger partial charge in [-0.05, 0) is 0 Å². The van der Waals surface area contributed by atoms with E-state index < -0.39 is 10.8 Å². The molecule has 2 saturated heterocycles. The number of nitrogens with zero attached hydrogens (tertiary/aromatic N) is 1. The van der Waals surface area contributed by atoms with Crippen molar-refractivity contribution in [1.29, 1.82) is 0 Å². The summed E-state index contributed by atoms with van der Waals surface area (Å²) in [6.07, 6.45) is 1.85. The molecule has 0 aromatic rings. The molecule has 2 heterocycles. The lowest BCUT2D eigenvalue weighted by molar-refractivity contribution is -0.915. The van der Waals surface area contributed by atoms with Crippen LogP contribution >= 0.6 is 0 Å². The van der Waals surface area contributed by atoms with Gasteiger partial charge >= 0.3 is 0 Å². The molecule has 88 valence electrons. The van der Waals surface area contributed by atoms with Crippen LogP contribution < -0.4 is 10.2 Å². The van der Waals surface area contributed by atoms with Gasteiger partial charge in [0.25, 0.3) is 0 Å². The molecule has 2 N–H and O–H groups in total. The molecule has 2 rings (SSSR count). The summed E-state index contributed by atoms with van der Waals surface area (Å²) in [5.74, 6) is 1.73. The van der Waals surface area contributed by atoms with Crippen molar-refractivity contribution in [2.24, 2.45) is 0 Å². The minimum Gasteiger partial charge on any atom is -0.321 e. The van der Waals surface area contributed by atoms with Crippen molar-refractivity contribution < 1.29 is 9.11 Å². The van der Waals surface area contributed by atoms with E-state index in [0.29, 0.717) is 6.17 Å². The summed E-state index contributed by atoms with van der Waals surface area (Å²) < 4.78 is 11.3. The zero-order chi connectivity index (χ0) is 10.7. The van der Waals surface area contributed by atoms with Gasteiger partial charge in [0.05, 0.1) is 20.1 Å². The SMILES string of the molecule is C[NH+]1CCCNCC1N1CCS(=O)CC1. The number of hydrogen-bond acceptors (Lipinski definition) is 3. The molecule has 0 spiro atoms. The largest absolute Gasteiger partial charge is 0.321 e. The number of nitrogens with one attached hydrogen (secondary N) is 2. The molecule has 2 aliphatic rings. The van der Waals surface area contributed by atoms with Gasteiger partial charge in [-0.3, -0.25) is 9.11 Å². The number of quaternary nitrogens is 1. The Morgan fingerprint density at radius 2 is 2.13 bits per heavy atom. The summed E-state index contributed by atoms with van der Waals surface area (Å²) in [6.45, 7) is 5.50. The normalized spacial score (nSPS) is 36.3. The van der Waals surface area contributed by atoms with E-state index in [1.165, 1.54) is 13.0 Å². The summed E-state index contributed by atoms with van der Waals surface area (Å²) in [5.41, 5.74) is 0. The second-order valence-corrected chi connectivity index (χ2v) is 6.25. The van der Waals surface area contributed by atoms with Crippen LogP contribution in [0, 0.1) is 0 Å². The molecule has 0 radical (unpaired) electrons. The van der Waals surface area contributed by atoms with Crippen molar-refractivity contribution in [2.75, 3.05) is 51.3 Å². The van der Waals surface area contributed by atoms with Gasteiger partial charge < -0.3 is 10.2 Å². The van der Waals surface area contributed by atoms with Crippen LogP contribution in [0.3, 0.4) is 0 Å². The highest BCUT2D eigenvalue weighted by Crippen LogP contribution is 2.02. The number of likely N-dealkylation sites (N-methyl/N-ethyl adjacent to an activating group) is 1. The van der Waals surface area contributed by atoms with E-state index in [2.05, 4.69) is 17.3 Å². The summed E-state index contributed by atoms with van der Waals surface area (Å²) in [4.78, 5) is 4.11. The Balaban J connectivity index is 1.92. The molecular formula is C10H22N3OS+. The predicted octanol–water partition coefficient (Wildman–Crippen LogP) is -2.12. The number of hydrogen-bond donors (Lipinski definition) is 2. The van der Waals surface area contributed by atoms with Gasteiger partial charge in [0.1, 0.15) is 0 Å². The highest BCUT2D eigenvalue weighted by Gasteiger charge is 2.29. The van der Waals surface area contributed by atoms with Crippen LogP contribution in [0.5, 0.6) is 0 Å². The molecular weight excluding hydrogens is 210 g/mol. The first-order valence-corrected chi connectivity index (χ1v) is 7.38. The van der Waals surface area contributed by atoms with Crippen molar-refractivity contribution in [3.8, 4) is 0 Å². The third kappa shape index (κ3) is 3.00. The first kappa shape index (κ1) is 11.5. The molecule has 0 bridgehead atoms. The summed E-state index contributed by atoms with van der Waals surface area (Å²) in [7, 11) is 1.73. The molecule has 4 nitrogen and oxygen atoms in total. The Hall–Kier alpha value is 0.0300. The second-order valence-electron chi connectivity index (χ2n) is 4.55. The van der Waals surface area contributed by atoms with Crippen LogP contribution in [0.2, 0.25) is 0 Å². The van der Waals surface area contributed by atoms with Gasteiger partial charge in [0.2, 0.25) is 0 Å². The summed E-state index contributed by atoms with van der Waals surface area (Å²) in [6, 6.07) is 0. The first-order valence-electron chi connectivity index (χ1n) is 5.89. The molecule has 5 heteroatoms. The molecule has 0 amide bonds. The Bertz CT molecular complexity index is 227. The van der Waals surface area contributed by atoms with Crippen LogP contribution in [-0.4, -0.2) is 66.6 Å². The van der Waals surface area contributed by atoms with Crippen LogP contribution in [-0.2, 0) is 10.8 Å². The topological polar surface area (TPSA) is 36.8 Å². The molecule has 15 heavy (non-hydrogen) atoms. The van der Waals surface area contributed by atoms with Gasteiger partial charge in [0.15, 0.2) is 6.17 Å². The smallest absolute Gasteiger partial charge is 0.156 e. The number of rotatable bonds is 1. The molecule has 0 saturated carbocycles. The van der Waals surface area contributed by atoms with Crippen molar-refractivity contribution >= 4 is 10.8 Å². The van der Waals surface area contributed by atoms with Crippen molar-refractivity contribution in [3.05, 3.63) is 0 Å². The van der Waals surface area contributed by atoms with Crippen LogP contribution in [0.1, 0.15) is 6.42 Å². The third-order valence-corrected chi connectivity index (χ3v) is 4.76. The Morgan fingerprint density at radius 3 is 2.87 bits per heavy atom. The Labute approximate surface area is 94.5 Å². The van der Waals surface area contributed by atoms with Gasteiger partial charge in [-0.2, -0.15) is 0 Å². The minimum absolute atomic E-state index is 0.552. The van der Waals surface area contributed by atoms with E-state index in [4.69, 9.17) is 0 Å². The van der Waals surface area contributed by atoms with E-state index in [0.717, 1.165) is 37.7 Å². The van der Waals surface area contributed by atoms with E-state index in [1.54, 1.807) is 4.90 Å². The zero-order valence-corrected chi connectivity index (χ0v) is 10.3. The maximum atomic E-state index is 11.3. The minimum atomic E-state index is -0.552. The van der Waals surface area contributed by atoms with E-state index >= 15 is 0 Å². The molecule has 2 unspecified atom stereocenters. The fourth-order valence-electron chi connectivity index (χ4n) is 2.48. The van der Waals surface area contributed by atoms with Crippen LogP contribution in [0.25, 0.3) is 0 Å². The van der Waals surface area contributed by atoms with Crippen molar-refractivity contribution in [3.63, 3.8) is 0 Å². The monoisotopic (exact) mass is 232 g/mol. The average Bonchev–Trinajstić information content (AvgIpc) is 2.44. The van der Waals surface area contributed by atoms with E-state index in [-0.39, 0.29) is 0 Å². The molecule has 0 aromatic carbocycles. The fraction of sp³-hybridized carbons (Fsp3) is 1.00. The Kier molecular flexibility index (Phi) is 4.13. The van der Waals surface area contributed by atoms with Gasteiger partial charge in [-0.25, -0.2) is 0 Å². The van der Waals surface area contributed by atoms with E-state index in [1.807, 2.05) is 0 Å². The lowest BCUT2D eigenvalue weighted by atomic mass is 10.3. The van der Waals surface area contributed by atoms with Gasteiger partial charge in [-0.15, -0.1) is 0 Å².